The molecule has 0 radical (unpaired) electrons. The Bertz CT molecular complexity index is 2680. The summed E-state index contributed by atoms with van der Waals surface area (Å²) in [5.41, 5.74) is 4.93. The average molecular weight is 1080 g/mol. The maximum Gasteiger partial charge on any atom is 0.510 e. The van der Waals surface area contributed by atoms with E-state index in [4.69, 9.17) is 35.3 Å². The van der Waals surface area contributed by atoms with Gasteiger partial charge in [-0.25, -0.2) is 9.78 Å². The molecule has 0 spiro atoms. The second-order valence-corrected chi connectivity index (χ2v) is 23.4. The third kappa shape index (κ3) is 15.0. The fraction of sp³-hybridized carbons (Fsp3) is 0.526. The van der Waals surface area contributed by atoms with Crippen molar-refractivity contribution in [2.24, 2.45) is 16.2 Å². The van der Waals surface area contributed by atoms with Crippen molar-refractivity contribution in [3.8, 4) is 22.3 Å². The fourth-order valence-corrected chi connectivity index (χ4v) is 11.2. The number of halogens is 1. The first kappa shape index (κ1) is 59.0. The normalized spacial score (nSPS) is 19.3. The number of carbonyl (C=O) groups is 5. The van der Waals surface area contributed by atoms with Crippen molar-refractivity contribution in [3.63, 3.8) is 0 Å². The lowest BCUT2D eigenvalue weighted by molar-refractivity contribution is -0.164. The van der Waals surface area contributed by atoms with Crippen LogP contribution in [0.5, 0.6) is 5.75 Å². The van der Waals surface area contributed by atoms with Crippen LogP contribution in [0.4, 0.5) is 10.5 Å². The van der Waals surface area contributed by atoms with Crippen LogP contribution >= 0.6 is 22.9 Å². The van der Waals surface area contributed by atoms with E-state index >= 15 is 0 Å². The molecule has 1 saturated heterocycles. The number of aromatic nitrogens is 1. The number of rotatable bonds is 23. The minimum Gasteiger partial charge on any atom is -0.489 e. The number of nitrogens with zero attached hydrogens (tertiary/aromatic N) is 3. The van der Waals surface area contributed by atoms with Gasteiger partial charge in [-0.2, -0.15) is 5.26 Å². The number of likely N-dealkylation sites (tertiary alicyclic amines) is 1. The summed E-state index contributed by atoms with van der Waals surface area (Å²) in [6, 6.07) is 19.8. The number of aryl methyl sites for hydroxylation is 1. The second kappa shape index (κ2) is 25.7. The number of amides is 4. The van der Waals surface area contributed by atoms with Gasteiger partial charge in [0.15, 0.2) is 6.79 Å². The number of benzene rings is 3. The Kier molecular flexibility index (Phi) is 20.0. The van der Waals surface area contributed by atoms with Crippen molar-refractivity contribution < 1.29 is 47.7 Å². The van der Waals surface area contributed by atoms with Crippen LogP contribution in [0.15, 0.2) is 72.2 Å². The molecule has 6 rings (SSSR count). The SMILES string of the molecule is Cc1ncsc1-c1ccc([C@H](C)NC(=O)[C@@H]2C[C@@H](OCOC(=O)OC(C)C)CN2C(=O)[C@@H](NC(=O)COCCCCCNc2ccc(C(=O)N[C@H]3C(C)(C)[C@H](Oc4ccc(C#N)c(Cl)c4)C3(C)C)cc2)C(C)(C)C)cc1. The first-order chi connectivity index (χ1) is 35.9. The Hall–Kier alpha value is -6.26. The van der Waals surface area contributed by atoms with Crippen molar-refractivity contribution in [2.75, 3.05) is 38.4 Å². The lowest BCUT2D eigenvalue weighted by atomic mass is 9.49. The summed E-state index contributed by atoms with van der Waals surface area (Å²) in [5, 5.41) is 22.1. The van der Waals surface area contributed by atoms with Crippen LogP contribution in [-0.2, 0) is 33.3 Å². The molecular weight excluding hydrogens is 1010 g/mol. The first-order valence-electron chi connectivity index (χ1n) is 25.8. The van der Waals surface area contributed by atoms with Crippen LogP contribution in [0.1, 0.15) is 128 Å². The third-order valence-electron chi connectivity index (χ3n) is 14.0. The van der Waals surface area contributed by atoms with Gasteiger partial charge in [-0.15, -0.1) is 11.3 Å². The highest BCUT2D eigenvalue weighted by Gasteiger charge is 2.64. The van der Waals surface area contributed by atoms with E-state index < -0.39 is 60.3 Å². The molecule has 1 saturated carbocycles. The van der Waals surface area contributed by atoms with Gasteiger partial charge in [0.25, 0.3) is 5.91 Å². The van der Waals surface area contributed by atoms with Gasteiger partial charge >= 0.3 is 6.16 Å². The smallest absolute Gasteiger partial charge is 0.489 e. The summed E-state index contributed by atoms with van der Waals surface area (Å²) in [4.78, 5) is 74.3. The number of ether oxygens (including phenoxy) is 5. The Morgan fingerprint density at radius 3 is 2.25 bits per heavy atom. The topological polar surface area (TPSA) is 220 Å². The monoisotopic (exact) mass is 1080 g/mol. The van der Waals surface area contributed by atoms with Gasteiger partial charge in [0.05, 0.1) is 44.9 Å². The zero-order valence-corrected chi connectivity index (χ0v) is 47.1. The lowest BCUT2D eigenvalue weighted by Gasteiger charge is -2.63. The van der Waals surface area contributed by atoms with Crippen LogP contribution in [0.2, 0.25) is 5.02 Å². The molecular formula is C57H74ClN7O10S. The number of nitrogens with one attached hydrogen (secondary N) is 4. The number of unbranched alkanes of at least 4 members (excludes halogenated alkanes) is 2. The zero-order chi connectivity index (χ0) is 55.5. The quantitative estimate of drug-likeness (QED) is 0.0309. The molecule has 19 heteroatoms. The number of thiazole rings is 1. The van der Waals surface area contributed by atoms with Crippen LogP contribution in [0, 0.1) is 34.5 Å². The molecule has 4 N–H and O–H groups in total. The van der Waals surface area contributed by atoms with Gasteiger partial charge in [0.1, 0.15) is 36.6 Å². The minimum atomic E-state index is -1.01. The van der Waals surface area contributed by atoms with E-state index in [2.05, 4.69) is 60.0 Å². The molecule has 4 amide bonds. The van der Waals surface area contributed by atoms with Crippen molar-refractivity contribution in [1.82, 2.24) is 25.8 Å². The third-order valence-corrected chi connectivity index (χ3v) is 15.3. The minimum absolute atomic E-state index is 0.0169. The first-order valence-corrected chi connectivity index (χ1v) is 27.1. The van der Waals surface area contributed by atoms with E-state index in [0.717, 1.165) is 40.2 Å². The molecule has 2 fully saturated rings. The zero-order valence-electron chi connectivity index (χ0n) is 45.5. The van der Waals surface area contributed by atoms with Crippen molar-refractivity contribution in [3.05, 3.63) is 99.6 Å². The average Bonchev–Trinajstić information content (AvgIpc) is 4.00. The van der Waals surface area contributed by atoms with E-state index in [9.17, 15) is 29.2 Å². The van der Waals surface area contributed by atoms with Crippen molar-refractivity contribution in [1.29, 1.82) is 5.26 Å². The largest absolute Gasteiger partial charge is 0.510 e. The summed E-state index contributed by atoms with van der Waals surface area (Å²) in [6.45, 7) is 21.3. The molecule has 3 aromatic carbocycles. The standard InChI is InChI=1S/C57H74ClN7O10S/c1-34(2)74-54(70)73-33-72-43-28-45(50(68)62-35(3)37-15-17-38(18-16-37)47-36(4)61-32-76-47)65(30-43)51(69)48(55(5,6)7)63-46(66)31-71-26-14-12-13-25-60-41-22-19-39(20-23-41)49(67)64-52-56(8,9)53(57(52,10)11)75-42-24-21-40(29-59)44(58)27-42/h15-24,27,32,34-35,43,45,48,52-53,60H,12-14,25-26,28,30-31,33H2,1-11H3,(H,62,68)(H,63,66)(H,64,67)/t35-,43+,45-,48+,52-,53-/m0/s1. The molecule has 4 atom stereocenters. The Morgan fingerprint density at radius 1 is 0.934 bits per heavy atom. The van der Waals surface area contributed by atoms with Gasteiger partial charge in [-0.05, 0) is 99.9 Å². The van der Waals surface area contributed by atoms with Crippen molar-refractivity contribution >= 4 is 58.4 Å². The summed E-state index contributed by atoms with van der Waals surface area (Å²) in [6.07, 6.45) is 0.347. The maximum atomic E-state index is 14.5. The van der Waals surface area contributed by atoms with Gasteiger partial charge in [0, 0.05) is 60.3 Å². The number of carbonyl (C=O) groups excluding carboxylic acids is 5. The van der Waals surface area contributed by atoms with Crippen LogP contribution in [-0.4, -0.2) is 109 Å². The highest BCUT2D eigenvalue weighted by molar-refractivity contribution is 7.13. The van der Waals surface area contributed by atoms with Crippen LogP contribution in [0.25, 0.3) is 10.4 Å². The van der Waals surface area contributed by atoms with Gasteiger partial charge in [-0.3, -0.25) is 19.2 Å². The molecule has 2 heterocycles. The molecule has 1 aliphatic heterocycles. The molecule has 2 aliphatic rings. The summed E-state index contributed by atoms with van der Waals surface area (Å²) >= 11 is 7.81. The molecule has 76 heavy (non-hydrogen) atoms. The van der Waals surface area contributed by atoms with Crippen LogP contribution < -0.4 is 26.0 Å². The molecule has 1 aromatic heterocycles. The van der Waals surface area contributed by atoms with Crippen molar-refractivity contribution in [2.45, 2.75) is 144 Å². The maximum absolute atomic E-state index is 14.5. The van der Waals surface area contributed by atoms with Crippen LogP contribution in [0.3, 0.4) is 0 Å². The number of nitriles is 1. The predicted molar refractivity (Wildman–Crippen MR) is 292 cm³/mol. The van der Waals surface area contributed by atoms with Gasteiger partial charge in [-0.1, -0.05) is 84.3 Å². The predicted octanol–water partition coefficient (Wildman–Crippen LogP) is 9.77. The van der Waals surface area contributed by atoms with E-state index in [1.54, 1.807) is 55.5 Å². The Labute approximate surface area is 456 Å². The second-order valence-electron chi connectivity index (χ2n) is 22.1. The fourth-order valence-electron chi connectivity index (χ4n) is 10.2. The summed E-state index contributed by atoms with van der Waals surface area (Å²) < 4.78 is 28.1. The summed E-state index contributed by atoms with van der Waals surface area (Å²) in [5.74, 6) is -0.911. The van der Waals surface area contributed by atoms with E-state index in [1.165, 1.54) is 4.90 Å². The molecule has 410 valence electrons. The number of anilines is 1. The molecule has 4 aromatic rings. The molecule has 17 nitrogen and oxygen atoms in total. The summed E-state index contributed by atoms with van der Waals surface area (Å²) in [7, 11) is 0. The molecule has 1 aliphatic carbocycles. The lowest BCUT2D eigenvalue weighted by Crippen LogP contribution is -2.74. The molecule has 0 unspecified atom stereocenters. The van der Waals surface area contributed by atoms with E-state index in [1.807, 2.05) is 76.5 Å². The number of hydrogen-bond acceptors (Lipinski definition) is 14. The Balaban J connectivity index is 0.938. The highest BCUT2D eigenvalue weighted by Crippen LogP contribution is 2.55. The van der Waals surface area contributed by atoms with E-state index in [-0.39, 0.29) is 54.6 Å². The van der Waals surface area contributed by atoms with E-state index in [0.29, 0.717) is 41.5 Å². The highest BCUT2D eigenvalue weighted by atomic mass is 35.5. The molecule has 0 bridgehead atoms. The Morgan fingerprint density at radius 2 is 1.63 bits per heavy atom. The van der Waals surface area contributed by atoms with Gasteiger partial charge in [0.2, 0.25) is 17.7 Å². The number of hydrogen-bond donors (Lipinski definition) is 4. The van der Waals surface area contributed by atoms with Gasteiger partial charge < -0.3 is 49.9 Å².